The minimum atomic E-state index is -0.544. The van der Waals surface area contributed by atoms with E-state index in [2.05, 4.69) is 12.2 Å². The van der Waals surface area contributed by atoms with E-state index in [0.717, 1.165) is 18.6 Å². The molecule has 0 amide bonds. The lowest BCUT2D eigenvalue weighted by Crippen LogP contribution is -2.35. The van der Waals surface area contributed by atoms with E-state index in [-0.39, 0.29) is 0 Å². The maximum atomic E-state index is 10.4. The Labute approximate surface area is 83.2 Å². The molecule has 3 rings (SSSR count). The molecule has 1 aromatic rings. The Morgan fingerprint density at radius 2 is 2.43 bits per heavy atom. The van der Waals surface area contributed by atoms with Gasteiger partial charge in [-0.3, -0.25) is 0 Å². The summed E-state index contributed by atoms with van der Waals surface area (Å²) < 4.78 is 5.28. The highest BCUT2D eigenvalue weighted by molar-refractivity contribution is 5.19. The maximum Gasteiger partial charge on any atom is 0.106 e. The van der Waals surface area contributed by atoms with Crippen molar-refractivity contribution in [2.75, 3.05) is 0 Å². The Bertz CT molecular complexity index is 352. The smallest absolute Gasteiger partial charge is 0.106 e. The second-order valence-corrected chi connectivity index (χ2v) is 4.55. The molecule has 0 saturated heterocycles. The van der Waals surface area contributed by atoms with E-state index in [1.54, 1.807) is 6.26 Å². The third-order valence-electron chi connectivity index (χ3n) is 3.54. The Morgan fingerprint density at radius 3 is 3.00 bits per heavy atom. The predicted octanol–water partition coefficient (Wildman–Crippen LogP) is 2.15. The summed E-state index contributed by atoms with van der Waals surface area (Å²) in [7, 11) is 0. The number of fused-ring (bicyclic) bond motifs is 2. The summed E-state index contributed by atoms with van der Waals surface area (Å²) in [6.07, 6.45) is 8.75. The van der Waals surface area contributed by atoms with Crippen molar-refractivity contribution < 1.29 is 9.52 Å². The van der Waals surface area contributed by atoms with Crippen molar-refractivity contribution in [3.8, 4) is 0 Å². The molecule has 0 aliphatic heterocycles. The van der Waals surface area contributed by atoms with E-state index in [0.29, 0.717) is 18.3 Å². The largest absolute Gasteiger partial charge is 0.469 e. The normalized spacial score (nSPS) is 39.5. The van der Waals surface area contributed by atoms with Gasteiger partial charge in [0.25, 0.3) is 0 Å². The van der Waals surface area contributed by atoms with Gasteiger partial charge in [0.05, 0.1) is 11.9 Å². The van der Waals surface area contributed by atoms with Crippen LogP contribution in [0.5, 0.6) is 0 Å². The lowest BCUT2D eigenvalue weighted by atomic mass is 9.84. The molecule has 1 saturated carbocycles. The third kappa shape index (κ3) is 1.14. The summed E-state index contributed by atoms with van der Waals surface area (Å²) in [5, 5.41) is 10.4. The lowest BCUT2D eigenvalue weighted by molar-refractivity contribution is 0.0108. The molecule has 1 heterocycles. The van der Waals surface area contributed by atoms with Crippen LogP contribution in [-0.4, -0.2) is 10.7 Å². The molecular weight excluding hydrogens is 176 g/mol. The van der Waals surface area contributed by atoms with Crippen LogP contribution in [0.2, 0.25) is 0 Å². The second kappa shape index (κ2) is 2.74. The van der Waals surface area contributed by atoms with Crippen LogP contribution in [0, 0.1) is 11.8 Å². The molecule has 0 aromatic carbocycles. The average molecular weight is 190 g/mol. The first-order valence-electron chi connectivity index (χ1n) is 5.19. The van der Waals surface area contributed by atoms with Crippen molar-refractivity contribution in [2.24, 2.45) is 11.8 Å². The first-order valence-corrected chi connectivity index (χ1v) is 5.19. The quantitative estimate of drug-likeness (QED) is 0.725. The lowest BCUT2D eigenvalue weighted by Gasteiger charge is -2.28. The van der Waals surface area contributed by atoms with Gasteiger partial charge in [0.2, 0.25) is 0 Å². The van der Waals surface area contributed by atoms with Crippen LogP contribution in [0.15, 0.2) is 35.0 Å². The van der Waals surface area contributed by atoms with E-state index in [1.807, 2.05) is 12.1 Å². The molecular formula is C12H14O2. The molecule has 2 nitrogen and oxygen atoms in total. The fourth-order valence-corrected chi connectivity index (χ4v) is 2.85. The van der Waals surface area contributed by atoms with Crippen molar-refractivity contribution in [1.29, 1.82) is 0 Å². The number of allylic oxidation sites excluding steroid dienone is 1. The molecule has 1 N–H and O–H groups in total. The molecule has 2 heteroatoms. The molecule has 3 atom stereocenters. The van der Waals surface area contributed by atoms with Crippen LogP contribution >= 0.6 is 0 Å². The van der Waals surface area contributed by atoms with Gasteiger partial charge in [0.15, 0.2) is 0 Å². The van der Waals surface area contributed by atoms with Crippen LogP contribution in [0.25, 0.3) is 0 Å². The number of hydrogen-bond donors (Lipinski definition) is 1. The summed E-state index contributed by atoms with van der Waals surface area (Å²) in [4.78, 5) is 0. The highest BCUT2D eigenvalue weighted by atomic mass is 16.3. The molecule has 2 aliphatic carbocycles. The Hall–Kier alpha value is -1.02. The van der Waals surface area contributed by atoms with Gasteiger partial charge in [-0.1, -0.05) is 12.2 Å². The molecule has 0 spiro atoms. The summed E-state index contributed by atoms with van der Waals surface area (Å²) >= 11 is 0. The van der Waals surface area contributed by atoms with Crippen molar-refractivity contribution in [3.05, 3.63) is 36.3 Å². The van der Waals surface area contributed by atoms with Gasteiger partial charge in [-0.15, -0.1) is 0 Å². The number of hydrogen-bond acceptors (Lipinski definition) is 2. The molecule has 2 aliphatic rings. The first-order chi connectivity index (χ1) is 6.76. The van der Waals surface area contributed by atoms with Crippen LogP contribution in [0.1, 0.15) is 18.6 Å². The fourth-order valence-electron chi connectivity index (χ4n) is 2.85. The van der Waals surface area contributed by atoms with Gasteiger partial charge in [-0.2, -0.15) is 0 Å². The molecule has 2 bridgehead atoms. The highest BCUT2D eigenvalue weighted by Gasteiger charge is 2.47. The fraction of sp³-hybridized carbons (Fsp3) is 0.500. The van der Waals surface area contributed by atoms with Crippen LogP contribution in [-0.2, 0) is 6.42 Å². The van der Waals surface area contributed by atoms with E-state index in [9.17, 15) is 5.11 Å². The van der Waals surface area contributed by atoms with Gasteiger partial charge < -0.3 is 9.52 Å². The molecule has 74 valence electrons. The molecule has 1 aromatic heterocycles. The van der Waals surface area contributed by atoms with E-state index in [4.69, 9.17) is 4.42 Å². The third-order valence-corrected chi connectivity index (χ3v) is 3.54. The van der Waals surface area contributed by atoms with Crippen LogP contribution in [0.4, 0.5) is 0 Å². The summed E-state index contributed by atoms with van der Waals surface area (Å²) in [5.74, 6) is 1.84. The molecule has 14 heavy (non-hydrogen) atoms. The van der Waals surface area contributed by atoms with E-state index >= 15 is 0 Å². The summed E-state index contributed by atoms with van der Waals surface area (Å²) in [6, 6.07) is 3.81. The molecule has 1 fully saturated rings. The van der Waals surface area contributed by atoms with Crippen molar-refractivity contribution >= 4 is 0 Å². The number of rotatable bonds is 2. The van der Waals surface area contributed by atoms with Crippen molar-refractivity contribution in [2.45, 2.75) is 24.9 Å². The topological polar surface area (TPSA) is 33.4 Å². The zero-order valence-electron chi connectivity index (χ0n) is 8.02. The van der Waals surface area contributed by atoms with Gasteiger partial charge in [-0.05, 0) is 30.9 Å². The number of aliphatic hydroxyl groups is 1. The van der Waals surface area contributed by atoms with Crippen LogP contribution < -0.4 is 0 Å². The number of furan rings is 1. The van der Waals surface area contributed by atoms with E-state index < -0.39 is 5.60 Å². The van der Waals surface area contributed by atoms with Crippen molar-refractivity contribution in [1.82, 2.24) is 0 Å². The van der Waals surface area contributed by atoms with E-state index in [1.165, 1.54) is 0 Å². The molecule has 3 unspecified atom stereocenters. The summed E-state index contributed by atoms with van der Waals surface area (Å²) in [5.41, 5.74) is -0.544. The Balaban J connectivity index is 1.82. The Kier molecular flexibility index (Phi) is 1.62. The first kappa shape index (κ1) is 8.30. The zero-order chi connectivity index (χ0) is 9.60. The zero-order valence-corrected chi connectivity index (χ0v) is 8.02. The monoisotopic (exact) mass is 190 g/mol. The van der Waals surface area contributed by atoms with Gasteiger partial charge in [0.1, 0.15) is 5.76 Å². The SMILES string of the molecule is OC1(Cc2ccco2)CC2C=CC1C2. The van der Waals surface area contributed by atoms with Crippen LogP contribution in [0.3, 0.4) is 0 Å². The maximum absolute atomic E-state index is 10.4. The van der Waals surface area contributed by atoms with Gasteiger partial charge in [0, 0.05) is 12.3 Å². The van der Waals surface area contributed by atoms with Crippen molar-refractivity contribution in [3.63, 3.8) is 0 Å². The Morgan fingerprint density at radius 1 is 1.50 bits per heavy atom. The minimum Gasteiger partial charge on any atom is -0.469 e. The highest BCUT2D eigenvalue weighted by Crippen LogP contribution is 2.47. The van der Waals surface area contributed by atoms with Gasteiger partial charge >= 0.3 is 0 Å². The predicted molar refractivity (Wildman–Crippen MR) is 52.7 cm³/mol. The standard InChI is InChI=1S/C12H14O2/c13-12(8-11-2-1-5-14-11)7-9-3-4-10(12)6-9/h1-5,9-10,13H,6-8H2. The summed E-state index contributed by atoms with van der Waals surface area (Å²) in [6.45, 7) is 0. The second-order valence-electron chi connectivity index (χ2n) is 4.55. The molecule has 0 radical (unpaired) electrons. The average Bonchev–Trinajstić information content (AvgIpc) is 2.78. The minimum absolute atomic E-state index is 0.345. The van der Waals surface area contributed by atoms with Gasteiger partial charge in [-0.25, -0.2) is 0 Å².